The predicted octanol–water partition coefficient (Wildman–Crippen LogP) is 4.95. The van der Waals surface area contributed by atoms with Gasteiger partial charge in [0.15, 0.2) is 6.10 Å². The summed E-state index contributed by atoms with van der Waals surface area (Å²) in [6.45, 7) is 4.55. The molecule has 0 saturated carbocycles. The topological polar surface area (TPSA) is 132 Å². The third kappa shape index (κ3) is 5.56. The normalized spacial score (nSPS) is 12.1. The number of aromatic nitrogens is 1. The number of ether oxygens (including phenoxy) is 2. The first kappa shape index (κ1) is 27.3. The summed E-state index contributed by atoms with van der Waals surface area (Å²) in [5.41, 5.74) is 0.891. The molecule has 0 saturated heterocycles. The number of benzene rings is 2. The minimum Gasteiger partial charge on any atom is -0.465 e. The van der Waals surface area contributed by atoms with E-state index < -0.39 is 33.8 Å². The molecule has 1 heterocycles. The quantitative estimate of drug-likeness (QED) is 0.298. The van der Waals surface area contributed by atoms with Gasteiger partial charge in [0.05, 0.1) is 34.6 Å². The Balaban J connectivity index is 1.85. The van der Waals surface area contributed by atoms with Gasteiger partial charge >= 0.3 is 11.9 Å². The van der Waals surface area contributed by atoms with Gasteiger partial charge in [-0.2, -0.15) is 0 Å². The molecule has 0 fully saturated rings. The fraction of sp³-hybridized carbons (Fsp3) is 0.208. The number of halogens is 2. The summed E-state index contributed by atoms with van der Waals surface area (Å²) in [5.74, 6) is -2.13. The van der Waals surface area contributed by atoms with Crippen LogP contribution in [0.2, 0.25) is 10.0 Å². The lowest BCUT2D eigenvalue weighted by Gasteiger charge is -2.16. The maximum absolute atomic E-state index is 13.0. The number of aromatic amines is 1. The molecule has 0 radical (unpaired) electrons. The van der Waals surface area contributed by atoms with Crippen LogP contribution in [0.1, 0.15) is 49.4 Å². The lowest BCUT2D eigenvalue weighted by Crippen LogP contribution is -2.26. The van der Waals surface area contributed by atoms with Gasteiger partial charge < -0.3 is 14.5 Å². The molecule has 0 aliphatic heterocycles. The van der Waals surface area contributed by atoms with Crippen molar-refractivity contribution in [2.45, 2.75) is 31.8 Å². The zero-order chi connectivity index (χ0) is 26.8. The number of sulfonamides is 1. The van der Waals surface area contributed by atoms with Crippen molar-refractivity contribution in [3.05, 3.63) is 80.6 Å². The highest BCUT2D eigenvalue weighted by Crippen LogP contribution is 2.28. The van der Waals surface area contributed by atoms with E-state index in [4.69, 9.17) is 32.7 Å². The molecule has 36 heavy (non-hydrogen) atoms. The fourth-order valence-electron chi connectivity index (χ4n) is 3.52. The van der Waals surface area contributed by atoms with Crippen molar-refractivity contribution in [3.8, 4) is 0 Å². The zero-order valence-corrected chi connectivity index (χ0v) is 22.0. The van der Waals surface area contributed by atoms with E-state index >= 15 is 0 Å². The Morgan fingerprint density at radius 2 is 1.69 bits per heavy atom. The third-order valence-electron chi connectivity index (χ3n) is 5.30. The van der Waals surface area contributed by atoms with Crippen LogP contribution in [0.15, 0.2) is 47.4 Å². The Morgan fingerprint density at radius 3 is 2.36 bits per heavy atom. The number of ketones is 1. The number of methoxy groups -OCH3 is 1. The van der Waals surface area contributed by atoms with Crippen LogP contribution in [0.3, 0.4) is 0 Å². The SMILES string of the molecule is COC(=O)c1c(C)[nH]c(C(=O)C(C)OC(=O)c2ccccc2NS(=O)(=O)c2cc(Cl)ccc2Cl)c1C. The summed E-state index contributed by atoms with van der Waals surface area (Å²) < 4.78 is 38.2. The van der Waals surface area contributed by atoms with E-state index in [0.717, 1.165) is 0 Å². The van der Waals surface area contributed by atoms with Crippen molar-refractivity contribution >= 4 is 56.6 Å². The van der Waals surface area contributed by atoms with E-state index in [9.17, 15) is 22.8 Å². The van der Waals surface area contributed by atoms with Crippen LogP contribution in [-0.4, -0.2) is 44.3 Å². The summed E-state index contributed by atoms with van der Waals surface area (Å²) in [4.78, 5) is 40.5. The second kappa shape index (κ2) is 10.7. The van der Waals surface area contributed by atoms with Crippen molar-refractivity contribution < 1.29 is 32.3 Å². The number of esters is 2. The molecule has 190 valence electrons. The smallest absolute Gasteiger partial charge is 0.340 e. The first-order chi connectivity index (χ1) is 16.9. The van der Waals surface area contributed by atoms with Gasteiger partial charge in [0.25, 0.3) is 10.0 Å². The number of Topliss-reactive ketones (excluding diaryl/α,β-unsaturated/α-hetero) is 1. The molecule has 2 N–H and O–H groups in total. The Morgan fingerprint density at radius 1 is 1.03 bits per heavy atom. The third-order valence-corrected chi connectivity index (χ3v) is 7.38. The van der Waals surface area contributed by atoms with Gasteiger partial charge in [0.2, 0.25) is 5.78 Å². The van der Waals surface area contributed by atoms with E-state index in [1.54, 1.807) is 13.8 Å². The minimum atomic E-state index is -4.22. The van der Waals surface area contributed by atoms with Crippen LogP contribution < -0.4 is 4.72 Å². The van der Waals surface area contributed by atoms with Gasteiger partial charge in [0.1, 0.15) is 4.90 Å². The number of rotatable bonds is 8. The number of hydrogen-bond acceptors (Lipinski definition) is 7. The maximum atomic E-state index is 13.0. The van der Waals surface area contributed by atoms with Gasteiger partial charge in [-0.15, -0.1) is 0 Å². The number of para-hydroxylation sites is 1. The number of hydrogen-bond donors (Lipinski definition) is 2. The fourth-order valence-corrected chi connectivity index (χ4v) is 5.36. The monoisotopic (exact) mass is 552 g/mol. The van der Waals surface area contributed by atoms with Crippen LogP contribution in [-0.2, 0) is 19.5 Å². The highest BCUT2D eigenvalue weighted by Gasteiger charge is 2.29. The molecule has 1 unspecified atom stereocenters. The van der Waals surface area contributed by atoms with E-state index in [2.05, 4.69) is 9.71 Å². The van der Waals surface area contributed by atoms with E-state index in [1.165, 1.54) is 56.5 Å². The molecule has 1 aromatic heterocycles. The highest BCUT2D eigenvalue weighted by atomic mass is 35.5. The molecule has 0 spiro atoms. The molecular weight excluding hydrogens is 531 g/mol. The molecule has 12 heteroatoms. The second-order valence-electron chi connectivity index (χ2n) is 7.75. The molecular formula is C24H22Cl2N2O7S. The average molecular weight is 553 g/mol. The predicted molar refractivity (Wildman–Crippen MR) is 135 cm³/mol. The first-order valence-electron chi connectivity index (χ1n) is 10.5. The maximum Gasteiger partial charge on any atom is 0.340 e. The molecule has 0 aliphatic carbocycles. The van der Waals surface area contributed by atoms with E-state index in [0.29, 0.717) is 11.3 Å². The molecule has 0 bridgehead atoms. The van der Waals surface area contributed by atoms with Crippen molar-refractivity contribution in [1.29, 1.82) is 0 Å². The summed E-state index contributed by atoms with van der Waals surface area (Å²) in [7, 11) is -2.99. The summed E-state index contributed by atoms with van der Waals surface area (Å²) >= 11 is 11.9. The van der Waals surface area contributed by atoms with Crippen molar-refractivity contribution in [1.82, 2.24) is 4.98 Å². The Labute approximate surface area is 217 Å². The molecule has 2 aromatic carbocycles. The number of anilines is 1. The largest absolute Gasteiger partial charge is 0.465 e. The lowest BCUT2D eigenvalue weighted by molar-refractivity contribution is 0.0317. The van der Waals surface area contributed by atoms with Crippen LogP contribution in [0.5, 0.6) is 0 Å². The number of carbonyl (C=O) groups is 3. The average Bonchev–Trinajstić information content (AvgIpc) is 3.13. The summed E-state index contributed by atoms with van der Waals surface area (Å²) in [6, 6.07) is 9.68. The van der Waals surface area contributed by atoms with Crippen molar-refractivity contribution in [3.63, 3.8) is 0 Å². The zero-order valence-electron chi connectivity index (χ0n) is 19.6. The van der Waals surface area contributed by atoms with Gasteiger partial charge in [-0.05, 0) is 56.7 Å². The summed E-state index contributed by atoms with van der Waals surface area (Å²) in [6.07, 6.45) is -1.26. The van der Waals surface area contributed by atoms with Crippen molar-refractivity contribution in [2.75, 3.05) is 11.8 Å². The highest BCUT2D eigenvalue weighted by molar-refractivity contribution is 7.92. The molecule has 3 rings (SSSR count). The second-order valence-corrected chi connectivity index (χ2v) is 10.2. The lowest BCUT2D eigenvalue weighted by atomic mass is 10.1. The Kier molecular flexibility index (Phi) is 8.12. The van der Waals surface area contributed by atoms with Gasteiger partial charge in [-0.25, -0.2) is 18.0 Å². The van der Waals surface area contributed by atoms with Gasteiger partial charge in [-0.1, -0.05) is 35.3 Å². The summed E-state index contributed by atoms with van der Waals surface area (Å²) in [5, 5.41) is 0.0964. The number of H-pyrrole nitrogens is 1. The minimum absolute atomic E-state index is 0.0610. The number of aryl methyl sites for hydroxylation is 1. The number of nitrogens with one attached hydrogen (secondary N) is 2. The Hall–Kier alpha value is -3.34. The molecule has 3 aromatic rings. The molecule has 0 aliphatic rings. The Bertz CT molecular complexity index is 1470. The van der Waals surface area contributed by atoms with Crippen LogP contribution in [0, 0.1) is 13.8 Å². The van der Waals surface area contributed by atoms with Gasteiger partial charge in [0, 0.05) is 10.7 Å². The first-order valence-corrected chi connectivity index (χ1v) is 12.7. The van der Waals surface area contributed by atoms with E-state index in [1.807, 2.05) is 0 Å². The van der Waals surface area contributed by atoms with Gasteiger partial charge in [-0.3, -0.25) is 9.52 Å². The van der Waals surface area contributed by atoms with Crippen LogP contribution in [0.4, 0.5) is 5.69 Å². The molecule has 0 amide bonds. The molecule has 1 atom stereocenters. The van der Waals surface area contributed by atoms with E-state index in [-0.39, 0.29) is 37.4 Å². The molecule has 9 nitrogen and oxygen atoms in total. The standard InChI is InChI=1S/C24H22Cl2N2O7S/c1-12-20(24(31)34-4)13(2)27-21(12)22(29)14(3)35-23(30)16-7-5-6-8-18(16)28-36(32,33)19-11-15(25)9-10-17(19)26/h5-11,14,27-28H,1-4H3. The van der Waals surface area contributed by atoms with Crippen LogP contribution in [0.25, 0.3) is 0 Å². The number of carbonyl (C=O) groups excluding carboxylic acids is 3. The van der Waals surface area contributed by atoms with Crippen LogP contribution >= 0.6 is 23.2 Å². The van der Waals surface area contributed by atoms with Crippen molar-refractivity contribution in [2.24, 2.45) is 0 Å².